The Hall–Kier alpha value is -2.54. The molecule has 1 saturated heterocycles. The molecule has 0 amide bonds. The van der Waals surface area contributed by atoms with Crippen molar-refractivity contribution in [3.63, 3.8) is 0 Å². The van der Waals surface area contributed by atoms with Crippen molar-refractivity contribution in [2.24, 2.45) is 0 Å². The third-order valence-electron chi connectivity index (χ3n) is 5.17. The molecule has 4 rings (SSSR count). The van der Waals surface area contributed by atoms with Crippen LogP contribution in [0.25, 0.3) is 11.3 Å². The van der Waals surface area contributed by atoms with Gasteiger partial charge in [-0.1, -0.05) is 42.1 Å². The number of rotatable bonds is 5. The highest BCUT2D eigenvalue weighted by atomic mass is 32.2. The molecule has 0 bridgehead atoms. The molecule has 30 heavy (non-hydrogen) atoms. The molecular weight excluding hydrogens is 407 g/mol. The van der Waals surface area contributed by atoms with E-state index in [1.165, 1.54) is 48.8 Å². The van der Waals surface area contributed by atoms with Crippen LogP contribution in [0.1, 0.15) is 30.4 Å². The second-order valence-corrected chi connectivity index (χ2v) is 8.33. The second-order valence-electron chi connectivity index (χ2n) is 7.34. The van der Waals surface area contributed by atoms with E-state index in [1.807, 2.05) is 12.1 Å². The van der Waals surface area contributed by atoms with Gasteiger partial charge in [-0.3, -0.25) is 0 Å². The van der Waals surface area contributed by atoms with Crippen LogP contribution in [0, 0.1) is 0 Å². The maximum Gasteiger partial charge on any atom is 0.416 e. The normalized spacial score (nSPS) is 14.7. The highest BCUT2D eigenvalue weighted by molar-refractivity contribution is 7.98. The van der Waals surface area contributed by atoms with E-state index in [9.17, 15) is 13.2 Å². The number of nitrogens with zero attached hydrogens (tertiary/aromatic N) is 3. The van der Waals surface area contributed by atoms with Crippen LogP contribution in [-0.4, -0.2) is 23.3 Å². The molecule has 0 spiro atoms. The molecule has 7 heteroatoms. The van der Waals surface area contributed by atoms with E-state index in [0.29, 0.717) is 16.3 Å². The minimum absolute atomic E-state index is 0.405. The fourth-order valence-electron chi connectivity index (χ4n) is 3.54. The molecule has 1 aliphatic rings. The Morgan fingerprint density at radius 2 is 1.63 bits per heavy atom. The molecule has 3 nitrogen and oxygen atoms in total. The van der Waals surface area contributed by atoms with Crippen molar-refractivity contribution in [1.29, 1.82) is 0 Å². The molecule has 1 aromatic heterocycles. The molecule has 1 aliphatic heterocycles. The van der Waals surface area contributed by atoms with Crippen molar-refractivity contribution in [2.75, 3.05) is 18.0 Å². The number of aromatic nitrogens is 2. The molecule has 3 aromatic rings. The van der Waals surface area contributed by atoms with Crippen molar-refractivity contribution < 1.29 is 13.2 Å². The number of alkyl halides is 3. The lowest BCUT2D eigenvalue weighted by Crippen LogP contribution is -2.29. The zero-order valence-corrected chi connectivity index (χ0v) is 17.2. The summed E-state index contributed by atoms with van der Waals surface area (Å²) in [6.45, 7) is 2.22. The fraction of sp³-hybridized carbons (Fsp3) is 0.304. The van der Waals surface area contributed by atoms with Gasteiger partial charge >= 0.3 is 6.18 Å². The molecule has 2 heterocycles. The van der Waals surface area contributed by atoms with Crippen LogP contribution in [0.5, 0.6) is 0 Å². The van der Waals surface area contributed by atoms with Gasteiger partial charge in [-0.15, -0.1) is 10.2 Å². The monoisotopic (exact) mass is 429 g/mol. The Bertz CT molecular complexity index is 966. The third-order valence-corrected chi connectivity index (χ3v) is 6.16. The minimum atomic E-state index is -4.33. The van der Waals surface area contributed by atoms with Gasteiger partial charge < -0.3 is 4.90 Å². The van der Waals surface area contributed by atoms with Gasteiger partial charge in [0.15, 0.2) is 0 Å². The molecule has 0 N–H and O–H groups in total. The number of hydrogen-bond donors (Lipinski definition) is 0. The summed E-state index contributed by atoms with van der Waals surface area (Å²) < 4.78 is 38.5. The topological polar surface area (TPSA) is 29.0 Å². The van der Waals surface area contributed by atoms with Crippen molar-refractivity contribution in [3.05, 3.63) is 71.8 Å². The number of halogens is 3. The first-order valence-electron chi connectivity index (χ1n) is 9.97. The van der Waals surface area contributed by atoms with Gasteiger partial charge in [0.2, 0.25) is 0 Å². The average molecular weight is 430 g/mol. The van der Waals surface area contributed by atoms with E-state index in [2.05, 4.69) is 39.4 Å². The molecule has 0 atom stereocenters. The zero-order chi connectivity index (χ0) is 21.0. The van der Waals surface area contributed by atoms with Crippen molar-refractivity contribution in [3.8, 4) is 11.3 Å². The summed E-state index contributed by atoms with van der Waals surface area (Å²) in [7, 11) is 0. The standard InChI is InChI=1S/C23H22F3N3S/c24-23(25,26)19-6-4-5-17(15-19)16-30-22-12-11-21(27-28-22)18-7-9-20(10-8-18)29-13-2-1-3-14-29/h4-12,15H,1-3,13-14,16H2. The van der Waals surface area contributed by atoms with Gasteiger partial charge in [0.1, 0.15) is 5.03 Å². The van der Waals surface area contributed by atoms with Gasteiger partial charge in [-0.25, -0.2) is 0 Å². The van der Waals surface area contributed by atoms with Crippen LogP contribution in [0.3, 0.4) is 0 Å². The van der Waals surface area contributed by atoms with Crippen molar-refractivity contribution in [1.82, 2.24) is 10.2 Å². The minimum Gasteiger partial charge on any atom is -0.372 e. The lowest BCUT2D eigenvalue weighted by molar-refractivity contribution is -0.137. The molecule has 0 aliphatic carbocycles. The molecule has 0 radical (unpaired) electrons. The number of thioether (sulfide) groups is 1. The predicted molar refractivity (Wildman–Crippen MR) is 115 cm³/mol. The van der Waals surface area contributed by atoms with Crippen LogP contribution < -0.4 is 4.90 Å². The van der Waals surface area contributed by atoms with E-state index in [0.717, 1.165) is 30.4 Å². The Balaban J connectivity index is 1.38. The third kappa shape index (κ3) is 5.14. The Morgan fingerprint density at radius 3 is 2.30 bits per heavy atom. The summed E-state index contributed by atoms with van der Waals surface area (Å²) >= 11 is 1.37. The van der Waals surface area contributed by atoms with Gasteiger partial charge in [0.05, 0.1) is 11.3 Å². The maximum atomic E-state index is 12.8. The first-order valence-corrected chi connectivity index (χ1v) is 11.0. The van der Waals surface area contributed by atoms with Crippen LogP contribution in [0.2, 0.25) is 0 Å². The van der Waals surface area contributed by atoms with E-state index in [1.54, 1.807) is 6.07 Å². The van der Waals surface area contributed by atoms with Gasteiger partial charge in [0.25, 0.3) is 0 Å². The van der Waals surface area contributed by atoms with E-state index in [-0.39, 0.29) is 0 Å². The van der Waals surface area contributed by atoms with Gasteiger partial charge in [-0.05, 0) is 55.2 Å². The Morgan fingerprint density at radius 1 is 0.867 bits per heavy atom. The second kappa shape index (κ2) is 9.08. The number of anilines is 1. The van der Waals surface area contributed by atoms with Crippen LogP contribution >= 0.6 is 11.8 Å². The van der Waals surface area contributed by atoms with E-state index < -0.39 is 11.7 Å². The van der Waals surface area contributed by atoms with Crippen molar-refractivity contribution in [2.45, 2.75) is 36.2 Å². The zero-order valence-electron chi connectivity index (χ0n) is 16.4. The first-order chi connectivity index (χ1) is 14.5. The molecule has 1 fully saturated rings. The first kappa shape index (κ1) is 20.7. The van der Waals surface area contributed by atoms with Crippen molar-refractivity contribution >= 4 is 17.4 Å². The summed E-state index contributed by atoms with van der Waals surface area (Å²) in [5, 5.41) is 9.21. The fourth-order valence-corrected chi connectivity index (χ4v) is 4.30. The van der Waals surface area contributed by atoms with E-state index >= 15 is 0 Å². The van der Waals surface area contributed by atoms with Gasteiger partial charge in [-0.2, -0.15) is 13.2 Å². The number of piperidine rings is 1. The number of hydrogen-bond acceptors (Lipinski definition) is 4. The summed E-state index contributed by atoms with van der Waals surface area (Å²) in [5.74, 6) is 0.405. The number of benzene rings is 2. The quantitative estimate of drug-likeness (QED) is 0.436. The SMILES string of the molecule is FC(F)(F)c1cccc(CSc2ccc(-c3ccc(N4CCCCC4)cc3)nn2)c1. The van der Waals surface area contributed by atoms with Gasteiger partial charge in [0, 0.05) is 30.1 Å². The van der Waals surface area contributed by atoms with Crippen LogP contribution in [0.4, 0.5) is 18.9 Å². The van der Waals surface area contributed by atoms with E-state index in [4.69, 9.17) is 0 Å². The Labute approximate surface area is 178 Å². The molecule has 156 valence electrons. The van der Waals surface area contributed by atoms with Crippen LogP contribution in [-0.2, 0) is 11.9 Å². The molecule has 2 aromatic carbocycles. The highest BCUT2D eigenvalue weighted by Gasteiger charge is 2.30. The summed E-state index contributed by atoms with van der Waals surface area (Å²) in [6, 6.07) is 17.5. The maximum absolute atomic E-state index is 12.8. The lowest BCUT2D eigenvalue weighted by atomic mass is 10.1. The summed E-state index contributed by atoms with van der Waals surface area (Å²) in [6.07, 6.45) is -0.534. The average Bonchev–Trinajstić information content (AvgIpc) is 2.78. The summed E-state index contributed by atoms with van der Waals surface area (Å²) in [4.78, 5) is 2.41. The largest absolute Gasteiger partial charge is 0.416 e. The molecule has 0 saturated carbocycles. The highest BCUT2D eigenvalue weighted by Crippen LogP contribution is 2.31. The molecule has 0 unspecified atom stereocenters. The molecular formula is C23H22F3N3S. The van der Waals surface area contributed by atoms with Crippen LogP contribution in [0.15, 0.2) is 65.7 Å². The predicted octanol–water partition coefficient (Wildman–Crippen LogP) is 6.45. The Kier molecular flexibility index (Phi) is 6.27. The smallest absolute Gasteiger partial charge is 0.372 e. The summed E-state index contributed by atoms with van der Waals surface area (Å²) in [5.41, 5.74) is 2.99. The lowest BCUT2D eigenvalue weighted by Gasteiger charge is -2.28.